The van der Waals surface area contributed by atoms with Gasteiger partial charge in [-0.15, -0.1) is 0 Å². The van der Waals surface area contributed by atoms with Crippen LogP contribution >= 0.6 is 0 Å². The first-order valence-corrected chi connectivity index (χ1v) is 8.63. The van der Waals surface area contributed by atoms with Gasteiger partial charge in [-0.05, 0) is 52.9 Å². The molecule has 0 amide bonds. The molecule has 134 valence electrons. The first-order chi connectivity index (χ1) is 13.3. The average Bonchev–Trinajstić information content (AvgIpc) is 2.72. The zero-order valence-electron chi connectivity index (χ0n) is 14.7. The summed E-state index contributed by atoms with van der Waals surface area (Å²) in [5, 5.41) is 5.42. The van der Waals surface area contributed by atoms with E-state index in [9.17, 15) is 0 Å². The van der Waals surface area contributed by atoms with E-state index in [1.54, 1.807) is 18.6 Å². The Kier molecular flexibility index (Phi) is 4.78. The summed E-state index contributed by atoms with van der Waals surface area (Å²) in [5.41, 5.74) is 9.04. The quantitative estimate of drug-likeness (QED) is 0.546. The highest BCUT2D eigenvalue weighted by atomic mass is 16.5. The Morgan fingerprint density at radius 3 is 2.59 bits per heavy atom. The summed E-state index contributed by atoms with van der Waals surface area (Å²) >= 11 is 0. The van der Waals surface area contributed by atoms with Gasteiger partial charge in [0.2, 0.25) is 5.88 Å². The fourth-order valence-corrected chi connectivity index (χ4v) is 2.75. The Hall–Kier alpha value is -3.67. The van der Waals surface area contributed by atoms with Gasteiger partial charge in [-0.1, -0.05) is 6.07 Å². The van der Waals surface area contributed by atoms with Crippen LogP contribution in [0, 0.1) is 0 Å². The van der Waals surface area contributed by atoms with Crippen molar-refractivity contribution in [1.29, 1.82) is 0 Å². The molecule has 0 atom stereocenters. The van der Waals surface area contributed by atoms with Crippen molar-refractivity contribution in [2.45, 2.75) is 13.2 Å². The molecule has 3 heterocycles. The predicted octanol–water partition coefficient (Wildman–Crippen LogP) is 3.80. The van der Waals surface area contributed by atoms with Crippen molar-refractivity contribution >= 4 is 22.3 Å². The van der Waals surface area contributed by atoms with E-state index in [1.165, 1.54) is 0 Å². The van der Waals surface area contributed by atoms with Gasteiger partial charge in [-0.2, -0.15) is 0 Å². The SMILES string of the molecule is Nc1nccc2cc(NCc3ccc(OCc4ccncc4)nc3)ccc12. The lowest BCUT2D eigenvalue weighted by Crippen LogP contribution is -2.01. The molecule has 0 fully saturated rings. The van der Waals surface area contributed by atoms with Gasteiger partial charge in [0.15, 0.2) is 0 Å². The highest BCUT2D eigenvalue weighted by Crippen LogP contribution is 2.22. The number of rotatable bonds is 6. The number of pyridine rings is 3. The maximum Gasteiger partial charge on any atom is 0.213 e. The van der Waals surface area contributed by atoms with Crippen LogP contribution in [0.15, 0.2) is 73.3 Å². The molecule has 4 rings (SSSR count). The van der Waals surface area contributed by atoms with E-state index in [-0.39, 0.29) is 0 Å². The highest BCUT2D eigenvalue weighted by Gasteiger charge is 2.02. The number of nitrogen functional groups attached to an aromatic ring is 1. The van der Waals surface area contributed by atoms with Crippen molar-refractivity contribution < 1.29 is 4.74 Å². The lowest BCUT2D eigenvalue weighted by atomic mass is 10.1. The molecule has 0 aliphatic carbocycles. The Balaban J connectivity index is 1.36. The lowest BCUT2D eigenvalue weighted by Gasteiger charge is -2.09. The number of hydrogen-bond acceptors (Lipinski definition) is 6. The average molecular weight is 357 g/mol. The molecule has 0 bridgehead atoms. The van der Waals surface area contributed by atoms with Gasteiger partial charge in [0.05, 0.1) is 0 Å². The molecule has 6 heteroatoms. The number of nitrogens with zero attached hydrogens (tertiary/aromatic N) is 3. The molecule has 1 aromatic carbocycles. The van der Waals surface area contributed by atoms with Crippen LogP contribution in [0.3, 0.4) is 0 Å². The number of hydrogen-bond donors (Lipinski definition) is 2. The fraction of sp³-hybridized carbons (Fsp3) is 0.0952. The fourth-order valence-electron chi connectivity index (χ4n) is 2.75. The molecule has 0 unspecified atom stereocenters. The Bertz CT molecular complexity index is 1040. The van der Waals surface area contributed by atoms with Crippen LogP contribution in [0.2, 0.25) is 0 Å². The first kappa shape index (κ1) is 16.8. The van der Waals surface area contributed by atoms with Crippen LogP contribution in [0.4, 0.5) is 11.5 Å². The second-order valence-corrected chi connectivity index (χ2v) is 6.13. The van der Waals surface area contributed by atoms with Gasteiger partial charge in [-0.3, -0.25) is 4.98 Å². The monoisotopic (exact) mass is 357 g/mol. The zero-order valence-corrected chi connectivity index (χ0v) is 14.7. The summed E-state index contributed by atoms with van der Waals surface area (Å²) in [5.74, 6) is 1.15. The second-order valence-electron chi connectivity index (χ2n) is 6.13. The maximum atomic E-state index is 5.89. The summed E-state index contributed by atoms with van der Waals surface area (Å²) in [7, 11) is 0. The van der Waals surface area contributed by atoms with E-state index in [4.69, 9.17) is 10.5 Å². The van der Waals surface area contributed by atoms with E-state index in [0.717, 1.165) is 27.6 Å². The van der Waals surface area contributed by atoms with Crippen LogP contribution in [0.1, 0.15) is 11.1 Å². The maximum absolute atomic E-state index is 5.89. The molecular formula is C21H19N5O. The van der Waals surface area contributed by atoms with Crippen LogP contribution < -0.4 is 15.8 Å². The number of aromatic nitrogens is 3. The largest absolute Gasteiger partial charge is 0.473 e. The third-order valence-electron chi connectivity index (χ3n) is 4.23. The third-order valence-corrected chi connectivity index (χ3v) is 4.23. The molecule has 0 aliphatic heterocycles. The minimum Gasteiger partial charge on any atom is -0.473 e. The molecule has 3 aromatic heterocycles. The van der Waals surface area contributed by atoms with Crippen LogP contribution in [-0.4, -0.2) is 15.0 Å². The van der Waals surface area contributed by atoms with Crippen molar-refractivity contribution in [3.8, 4) is 5.88 Å². The summed E-state index contributed by atoms with van der Waals surface area (Å²) in [6.45, 7) is 1.14. The van der Waals surface area contributed by atoms with Crippen LogP contribution in [-0.2, 0) is 13.2 Å². The van der Waals surface area contributed by atoms with E-state index in [1.807, 2.05) is 48.7 Å². The van der Waals surface area contributed by atoms with Crippen LogP contribution in [0.5, 0.6) is 5.88 Å². The minimum atomic E-state index is 0.474. The number of nitrogens with one attached hydrogen (secondary N) is 1. The van der Waals surface area contributed by atoms with Crippen molar-refractivity contribution in [2.75, 3.05) is 11.1 Å². The summed E-state index contributed by atoms with van der Waals surface area (Å²) in [6.07, 6.45) is 7.03. The van der Waals surface area contributed by atoms with E-state index >= 15 is 0 Å². The molecule has 4 aromatic rings. The van der Waals surface area contributed by atoms with Crippen molar-refractivity contribution in [1.82, 2.24) is 15.0 Å². The highest BCUT2D eigenvalue weighted by molar-refractivity contribution is 5.92. The van der Waals surface area contributed by atoms with E-state index < -0.39 is 0 Å². The zero-order chi connectivity index (χ0) is 18.5. The first-order valence-electron chi connectivity index (χ1n) is 8.63. The van der Waals surface area contributed by atoms with Crippen molar-refractivity contribution in [2.24, 2.45) is 0 Å². The second kappa shape index (κ2) is 7.70. The molecule has 0 saturated carbocycles. The number of ether oxygens (including phenoxy) is 1. The smallest absolute Gasteiger partial charge is 0.213 e. The molecule has 3 N–H and O–H groups in total. The molecule has 0 saturated heterocycles. The third kappa shape index (κ3) is 4.12. The summed E-state index contributed by atoms with van der Waals surface area (Å²) in [6, 6.07) is 15.7. The van der Waals surface area contributed by atoms with Gasteiger partial charge in [0, 0.05) is 48.5 Å². The summed E-state index contributed by atoms with van der Waals surface area (Å²) < 4.78 is 5.69. The lowest BCUT2D eigenvalue weighted by molar-refractivity contribution is 0.293. The Morgan fingerprint density at radius 1 is 0.889 bits per heavy atom. The van der Waals surface area contributed by atoms with Gasteiger partial charge >= 0.3 is 0 Å². The Morgan fingerprint density at radius 2 is 1.78 bits per heavy atom. The minimum absolute atomic E-state index is 0.474. The standard InChI is InChI=1S/C21H19N5O/c22-21-19-3-2-18(11-17(19)7-10-24-21)25-12-16-1-4-20(26-13-16)27-14-15-5-8-23-9-6-15/h1-11,13,25H,12,14H2,(H2,22,24). The predicted molar refractivity (Wildman–Crippen MR) is 106 cm³/mol. The normalized spacial score (nSPS) is 10.7. The van der Waals surface area contributed by atoms with E-state index in [2.05, 4.69) is 26.3 Å². The van der Waals surface area contributed by atoms with Crippen molar-refractivity contribution in [3.63, 3.8) is 0 Å². The molecule has 0 spiro atoms. The number of anilines is 2. The molecular weight excluding hydrogens is 338 g/mol. The number of fused-ring (bicyclic) bond motifs is 1. The van der Waals surface area contributed by atoms with E-state index in [0.29, 0.717) is 24.8 Å². The van der Waals surface area contributed by atoms with Gasteiger partial charge in [0.1, 0.15) is 12.4 Å². The van der Waals surface area contributed by atoms with Gasteiger partial charge in [0.25, 0.3) is 0 Å². The van der Waals surface area contributed by atoms with Crippen LogP contribution in [0.25, 0.3) is 10.8 Å². The van der Waals surface area contributed by atoms with Gasteiger partial charge < -0.3 is 15.8 Å². The molecule has 27 heavy (non-hydrogen) atoms. The number of benzene rings is 1. The van der Waals surface area contributed by atoms with Gasteiger partial charge in [-0.25, -0.2) is 9.97 Å². The summed E-state index contributed by atoms with van der Waals surface area (Å²) in [4.78, 5) is 12.5. The molecule has 0 radical (unpaired) electrons. The number of nitrogens with two attached hydrogens (primary N) is 1. The molecule has 0 aliphatic rings. The molecule has 6 nitrogen and oxygen atoms in total. The topological polar surface area (TPSA) is 86.0 Å². The Labute approximate surface area is 157 Å². The van der Waals surface area contributed by atoms with Crippen molar-refractivity contribution in [3.05, 3.63) is 84.4 Å².